The van der Waals surface area contributed by atoms with Crippen molar-refractivity contribution in [3.63, 3.8) is 0 Å². The topological polar surface area (TPSA) is 74.3 Å². The van der Waals surface area contributed by atoms with Gasteiger partial charge in [-0.05, 0) is 72.1 Å². The molecule has 0 aliphatic carbocycles. The number of carbonyl (C=O) groups is 2. The first-order chi connectivity index (χ1) is 22.1. The third kappa shape index (κ3) is 9.21. The highest BCUT2D eigenvalue weighted by atomic mass is 16.5. The van der Waals surface area contributed by atoms with Crippen LogP contribution in [0.2, 0.25) is 0 Å². The Hall–Kier alpha value is -5.56. The van der Waals surface area contributed by atoms with E-state index in [-0.39, 0.29) is 19.1 Å². The number of benzene rings is 5. The number of anilines is 1. The molecule has 0 saturated carbocycles. The van der Waals surface area contributed by atoms with Gasteiger partial charge in [0.15, 0.2) is 0 Å². The summed E-state index contributed by atoms with van der Waals surface area (Å²) in [5.41, 5.74) is 4.00. The van der Waals surface area contributed by atoms with Crippen molar-refractivity contribution < 1.29 is 28.5 Å². The van der Waals surface area contributed by atoms with Gasteiger partial charge in [-0.3, -0.25) is 14.5 Å². The third-order valence-electron chi connectivity index (χ3n) is 6.87. The summed E-state index contributed by atoms with van der Waals surface area (Å²) < 4.78 is 23.0. The van der Waals surface area contributed by atoms with Crippen molar-refractivity contribution in [1.29, 1.82) is 0 Å². The predicted molar refractivity (Wildman–Crippen MR) is 174 cm³/mol. The van der Waals surface area contributed by atoms with Gasteiger partial charge in [0.2, 0.25) is 0 Å². The number of ether oxygens (including phenoxy) is 4. The van der Waals surface area contributed by atoms with Gasteiger partial charge in [-0.1, -0.05) is 78.9 Å². The van der Waals surface area contributed by atoms with E-state index in [1.54, 1.807) is 49.4 Å². The van der Waals surface area contributed by atoms with Crippen molar-refractivity contribution in [2.75, 3.05) is 18.1 Å². The van der Waals surface area contributed by atoms with E-state index in [4.69, 9.17) is 18.9 Å². The highest BCUT2D eigenvalue weighted by Gasteiger charge is 2.22. The van der Waals surface area contributed by atoms with Crippen LogP contribution < -0.4 is 19.1 Å². The van der Waals surface area contributed by atoms with Gasteiger partial charge in [-0.2, -0.15) is 0 Å². The first-order valence-corrected chi connectivity index (χ1v) is 14.8. The van der Waals surface area contributed by atoms with Crippen LogP contribution in [0, 0.1) is 0 Å². The fraction of sp³-hybridized carbons (Fsp3) is 0.158. The largest absolute Gasteiger partial charge is 0.489 e. The van der Waals surface area contributed by atoms with Crippen molar-refractivity contribution in [3.8, 4) is 17.2 Å². The zero-order valence-electron chi connectivity index (χ0n) is 25.1. The van der Waals surface area contributed by atoms with Crippen LogP contribution in [-0.2, 0) is 29.4 Å². The first-order valence-electron chi connectivity index (χ1n) is 14.8. The summed E-state index contributed by atoms with van der Waals surface area (Å²) in [6.45, 7) is 2.90. The minimum Gasteiger partial charge on any atom is -0.489 e. The zero-order valence-corrected chi connectivity index (χ0v) is 25.1. The van der Waals surface area contributed by atoms with E-state index in [0.29, 0.717) is 42.6 Å². The van der Waals surface area contributed by atoms with E-state index in [1.807, 2.05) is 91.0 Å². The molecule has 0 heterocycles. The number of rotatable bonds is 14. The van der Waals surface area contributed by atoms with Gasteiger partial charge in [-0.15, -0.1) is 0 Å². The molecule has 0 saturated heterocycles. The molecule has 5 aromatic rings. The fourth-order valence-corrected chi connectivity index (χ4v) is 4.58. The second kappa shape index (κ2) is 15.8. The summed E-state index contributed by atoms with van der Waals surface area (Å²) in [6, 6.07) is 41.5. The Balaban J connectivity index is 1.23. The maximum atomic E-state index is 13.7. The molecule has 7 nitrogen and oxygen atoms in total. The van der Waals surface area contributed by atoms with Crippen LogP contribution in [0.1, 0.15) is 34.0 Å². The average molecular weight is 602 g/mol. The Bertz CT molecular complexity index is 1670. The SMILES string of the molecule is CCOC(=O)CN(C(=O)c1ccc(OCc2cccc(OCc3ccccc3)c2)cc1)c1cccc(OCc2ccccc2)c1. The molecule has 0 fully saturated rings. The molecule has 0 spiro atoms. The van der Waals surface area contributed by atoms with Gasteiger partial charge in [-0.25, -0.2) is 0 Å². The summed E-state index contributed by atoms with van der Waals surface area (Å²) in [7, 11) is 0. The predicted octanol–water partition coefficient (Wildman–Crippen LogP) is 7.63. The van der Waals surface area contributed by atoms with Crippen molar-refractivity contribution in [2.24, 2.45) is 0 Å². The lowest BCUT2D eigenvalue weighted by molar-refractivity contribution is -0.141. The monoisotopic (exact) mass is 601 g/mol. The van der Waals surface area contributed by atoms with E-state index >= 15 is 0 Å². The van der Waals surface area contributed by atoms with Crippen LogP contribution >= 0.6 is 0 Å². The summed E-state index contributed by atoms with van der Waals surface area (Å²) in [6.07, 6.45) is 0. The maximum absolute atomic E-state index is 13.7. The molecule has 1 amide bonds. The van der Waals surface area contributed by atoms with Crippen molar-refractivity contribution in [3.05, 3.63) is 156 Å². The smallest absolute Gasteiger partial charge is 0.326 e. The van der Waals surface area contributed by atoms with Crippen LogP contribution in [0.25, 0.3) is 0 Å². The number of esters is 1. The van der Waals surface area contributed by atoms with Crippen LogP contribution in [-0.4, -0.2) is 25.0 Å². The van der Waals surface area contributed by atoms with Crippen LogP contribution in [0.4, 0.5) is 5.69 Å². The van der Waals surface area contributed by atoms with Gasteiger partial charge in [0.25, 0.3) is 5.91 Å². The highest BCUT2D eigenvalue weighted by molar-refractivity contribution is 6.08. The minimum absolute atomic E-state index is 0.217. The molecule has 5 rings (SSSR count). The molecule has 228 valence electrons. The Labute approximate surface area is 263 Å². The second-order valence-corrected chi connectivity index (χ2v) is 10.2. The third-order valence-corrected chi connectivity index (χ3v) is 6.87. The van der Waals surface area contributed by atoms with E-state index in [1.165, 1.54) is 4.90 Å². The summed E-state index contributed by atoms with van der Waals surface area (Å²) >= 11 is 0. The lowest BCUT2D eigenvalue weighted by atomic mass is 10.1. The van der Waals surface area contributed by atoms with Crippen molar-refractivity contribution >= 4 is 17.6 Å². The number of hydrogen-bond acceptors (Lipinski definition) is 6. The minimum atomic E-state index is -0.503. The molecular formula is C38H35NO6. The number of hydrogen-bond donors (Lipinski definition) is 0. The van der Waals surface area contributed by atoms with Crippen LogP contribution in [0.5, 0.6) is 17.2 Å². The standard InChI is InChI=1S/C38H35NO6/c1-2-42-37(40)25-39(33-16-10-18-36(24-33)45-27-30-13-7-4-8-14-30)38(41)32-19-21-34(22-20-32)43-28-31-15-9-17-35(23-31)44-26-29-11-5-3-6-12-29/h3-24H,2,25-28H2,1H3. The van der Waals surface area contributed by atoms with Gasteiger partial charge in [0, 0.05) is 17.3 Å². The van der Waals surface area contributed by atoms with Gasteiger partial charge in [0.1, 0.15) is 43.6 Å². The molecule has 0 radical (unpaired) electrons. The molecular weight excluding hydrogens is 566 g/mol. The Kier molecular flexibility index (Phi) is 10.8. The molecule has 0 bridgehead atoms. The summed E-state index contributed by atoms with van der Waals surface area (Å²) in [5.74, 6) is 1.10. The van der Waals surface area contributed by atoms with Gasteiger partial charge < -0.3 is 18.9 Å². The lowest BCUT2D eigenvalue weighted by Gasteiger charge is -2.23. The molecule has 0 aliphatic rings. The van der Waals surface area contributed by atoms with E-state index in [9.17, 15) is 9.59 Å². The number of nitrogens with zero attached hydrogens (tertiary/aromatic N) is 1. The van der Waals surface area contributed by atoms with E-state index < -0.39 is 5.97 Å². The Morgan fingerprint density at radius 2 is 1.09 bits per heavy atom. The zero-order chi connectivity index (χ0) is 31.3. The van der Waals surface area contributed by atoms with Crippen LogP contribution in [0.3, 0.4) is 0 Å². The molecule has 0 N–H and O–H groups in total. The normalized spacial score (nSPS) is 10.5. The summed E-state index contributed by atoms with van der Waals surface area (Å²) in [5, 5.41) is 0. The van der Waals surface area contributed by atoms with Gasteiger partial charge >= 0.3 is 5.97 Å². The van der Waals surface area contributed by atoms with E-state index in [0.717, 1.165) is 22.4 Å². The van der Waals surface area contributed by atoms with Crippen molar-refractivity contribution in [1.82, 2.24) is 0 Å². The molecule has 45 heavy (non-hydrogen) atoms. The number of carbonyl (C=O) groups excluding carboxylic acids is 2. The Morgan fingerprint density at radius 1 is 0.556 bits per heavy atom. The fourth-order valence-electron chi connectivity index (χ4n) is 4.58. The van der Waals surface area contributed by atoms with Crippen molar-refractivity contribution in [2.45, 2.75) is 26.7 Å². The Morgan fingerprint density at radius 3 is 1.71 bits per heavy atom. The maximum Gasteiger partial charge on any atom is 0.326 e. The second-order valence-electron chi connectivity index (χ2n) is 10.2. The molecule has 0 aromatic heterocycles. The van der Waals surface area contributed by atoms with E-state index in [2.05, 4.69) is 0 Å². The molecule has 0 aliphatic heterocycles. The molecule has 0 unspecified atom stereocenters. The first kappa shape index (κ1) is 30.9. The summed E-state index contributed by atoms with van der Waals surface area (Å²) in [4.78, 5) is 27.6. The number of amides is 1. The van der Waals surface area contributed by atoms with Gasteiger partial charge in [0.05, 0.1) is 6.61 Å². The van der Waals surface area contributed by atoms with Crippen LogP contribution in [0.15, 0.2) is 133 Å². The molecule has 0 atom stereocenters. The molecule has 7 heteroatoms. The quantitative estimate of drug-likeness (QED) is 0.122. The molecule has 5 aromatic carbocycles. The lowest BCUT2D eigenvalue weighted by Crippen LogP contribution is -2.36. The highest BCUT2D eigenvalue weighted by Crippen LogP contribution is 2.25. The average Bonchev–Trinajstić information content (AvgIpc) is 3.09.